The fourth-order valence-corrected chi connectivity index (χ4v) is 6.32. The van der Waals surface area contributed by atoms with E-state index in [2.05, 4.69) is 52.1 Å². The van der Waals surface area contributed by atoms with Crippen LogP contribution in [0, 0.1) is 5.41 Å². The molecular formula is C33H48O6Si. The summed E-state index contributed by atoms with van der Waals surface area (Å²) in [6, 6.07) is 16.3. The molecule has 5 rings (SSSR count). The number of rotatable bonds is 10. The zero-order chi connectivity index (χ0) is 29.2. The molecule has 0 atom stereocenters. The van der Waals surface area contributed by atoms with Crippen molar-refractivity contribution in [1.29, 1.82) is 0 Å². The summed E-state index contributed by atoms with van der Waals surface area (Å²) in [4.78, 5) is 11.9. The maximum atomic E-state index is 11.9. The lowest BCUT2D eigenvalue weighted by Crippen LogP contribution is -2.49. The zero-order valence-electron chi connectivity index (χ0n) is 25.7. The number of carbonyl (C=O) groups excluding carboxylic acids is 1. The van der Waals surface area contributed by atoms with Crippen molar-refractivity contribution in [2.45, 2.75) is 103 Å². The molecule has 6 nitrogen and oxygen atoms in total. The number of hydrogen-bond donors (Lipinski definition) is 0. The van der Waals surface area contributed by atoms with Gasteiger partial charge >= 0.3 is 5.97 Å². The van der Waals surface area contributed by atoms with Crippen molar-refractivity contribution in [3.63, 3.8) is 0 Å². The molecule has 0 amide bonds. The lowest BCUT2D eigenvalue weighted by atomic mass is 9.63. The van der Waals surface area contributed by atoms with E-state index >= 15 is 0 Å². The van der Waals surface area contributed by atoms with E-state index in [9.17, 15) is 4.79 Å². The quantitative estimate of drug-likeness (QED) is 0.163. The minimum atomic E-state index is -1.93. The highest BCUT2D eigenvalue weighted by Gasteiger charge is 2.50. The predicted molar refractivity (Wildman–Crippen MR) is 161 cm³/mol. The Balaban J connectivity index is 1.34. The van der Waals surface area contributed by atoms with Crippen LogP contribution in [-0.4, -0.2) is 39.7 Å². The van der Waals surface area contributed by atoms with Crippen LogP contribution >= 0.6 is 0 Å². The molecule has 0 radical (unpaired) electrons. The van der Waals surface area contributed by atoms with E-state index < -0.39 is 13.9 Å². The molecule has 2 aromatic carbocycles. The van der Waals surface area contributed by atoms with Crippen LogP contribution in [0.4, 0.5) is 0 Å². The lowest BCUT2D eigenvalue weighted by Gasteiger charge is -2.53. The second kappa shape index (κ2) is 11.5. The van der Waals surface area contributed by atoms with E-state index in [1.807, 2.05) is 51.1 Å². The minimum Gasteiger partial charge on any atom is -0.543 e. The second-order valence-corrected chi connectivity index (χ2v) is 18.9. The van der Waals surface area contributed by atoms with Crippen LogP contribution < -0.4 is 9.16 Å². The van der Waals surface area contributed by atoms with E-state index in [1.54, 1.807) is 0 Å². The summed E-state index contributed by atoms with van der Waals surface area (Å²) in [6.45, 7) is 18.1. The molecule has 0 aromatic heterocycles. The van der Waals surface area contributed by atoms with E-state index in [4.69, 9.17) is 23.4 Å². The van der Waals surface area contributed by atoms with E-state index in [0.717, 1.165) is 49.4 Å². The molecular weight excluding hydrogens is 520 g/mol. The van der Waals surface area contributed by atoms with E-state index in [-0.39, 0.29) is 28.6 Å². The zero-order valence-corrected chi connectivity index (χ0v) is 26.7. The Morgan fingerprint density at radius 3 is 2.12 bits per heavy atom. The Kier molecular flexibility index (Phi) is 8.79. The Hall–Kier alpha value is -2.35. The van der Waals surface area contributed by atoms with Gasteiger partial charge in [0.2, 0.25) is 8.32 Å². The fourth-order valence-electron chi connectivity index (χ4n) is 5.30. The summed E-state index contributed by atoms with van der Waals surface area (Å²) in [5.41, 5.74) is 0.530. The molecule has 2 aromatic rings. The van der Waals surface area contributed by atoms with Crippen LogP contribution in [0.15, 0.2) is 48.5 Å². The molecule has 2 aliphatic heterocycles. The molecule has 3 aliphatic rings. The summed E-state index contributed by atoms with van der Waals surface area (Å²) < 4.78 is 30.4. The molecule has 2 heterocycles. The molecule has 2 saturated heterocycles. The molecule has 3 fully saturated rings. The van der Waals surface area contributed by atoms with Gasteiger partial charge < -0.3 is 23.4 Å². The van der Waals surface area contributed by atoms with Gasteiger partial charge in [0.05, 0.1) is 12.2 Å². The first-order valence-corrected chi connectivity index (χ1v) is 17.5. The van der Waals surface area contributed by atoms with Crippen molar-refractivity contribution < 1.29 is 28.2 Å². The number of fused-ring (bicyclic) bond motifs is 3. The number of esters is 1. The van der Waals surface area contributed by atoms with Crippen molar-refractivity contribution >= 4 is 14.3 Å². The smallest absolute Gasteiger partial charge is 0.332 e. The molecule has 1 saturated carbocycles. The highest BCUT2D eigenvalue weighted by molar-refractivity contribution is 6.74. The molecule has 0 unspecified atom stereocenters. The van der Waals surface area contributed by atoms with Crippen LogP contribution in [0.5, 0.6) is 17.2 Å². The molecule has 0 spiro atoms. The van der Waals surface area contributed by atoms with Crippen molar-refractivity contribution in [2.75, 3.05) is 19.8 Å². The van der Waals surface area contributed by atoms with Gasteiger partial charge in [-0.15, -0.1) is 0 Å². The van der Waals surface area contributed by atoms with Gasteiger partial charge in [0.1, 0.15) is 29.5 Å². The maximum absolute atomic E-state index is 11.9. The molecule has 7 heteroatoms. The number of benzene rings is 2. The first-order valence-electron chi connectivity index (χ1n) is 14.6. The largest absolute Gasteiger partial charge is 0.543 e. The summed E-state index contributed by atoms with van der Waals surface area (Å²) in [7, 11) is -1.93. The molecule has 220 valence electrons. The summed E-state index contributed by atoms with van der Waals surface area (Å²) in [6.07, 6.45) is 5.00. The Morgan fingerprint density at radius 1 is 0.900 bits per heavy atom. The molecule has 40 heavy (non-hydrogen) atoms. The van der Waals surface area contributed by atoms with Crippen molar-refractivity contribution in [2.24, 2.45) is 5.41 Å². The molecule has 0 N–H and O–H groups in total. The lowest BCUT2D eigenvalue weighted by molar-refractivity contribution is -0.195. The third-order valence-electron chi connectivity index (χ3n) is 8.77. The van der Waals surface area contributed by atoms with Crippen LogP contribution in [-0.2, 0) is 24.6 Å². The van der Waals surface area contributed by atoms with Crippen LogP contribution in [0.1, 0.15) is 79.2 Å². The number of hydrogen-bond acceptors (Lipinski definition) is 6. The van der Waals surface area contributed by atoms with Crippen molar-refractivity contribution in [3.05, 3.63) is 54.1 Å². The first-order chi connectivity index (χ1) is 18.6. The minimum absolute atomic E-state index is 0.00371. The number of carbonyl (C=O) groups is 1. The highest BCUT2D eigenvalue weighted by Crippen LogP contribution is 2.55. The monoisotopic (exact) mass is 568 g/mol. The fraction of sp³-hybridized carbons (Fsp3) is 0.606. The Bertz CT molecular complexity index is 1150. The normalized spacial score (nSPS) is 23.1. The van der Waals surface area contributed by atoms with Crippen molar-refractivity contribution in [3.8, 4) is 17.2 Å². The van der Waals surface area contributed by atoms with Crippen molar-refractivity contribution in [1.82, 2.24) is 0 Å². The van der Waals surface area contributed by atoms with Gasteiger partial charge in [0, 0.05) is 12.7 Å². The third-order valence-corrected chi connectivity index (χ3v) is 13.1. The van der Waals surface area contributed by atoms with Crippen LogP contribution in [0.3, 0.4) is 0 Å². The summed E-state index contributed by atoms with van der Waals surface area (Å²) in [5.74, 6) is 2.11. The SMILES string of the molecule is CC(C)(C)OC(=O)COCCC12CCC(c3cccc(Oc4cccc(O[Si](C)(C)C(C)(C)C)c4)c3)(CC1)OC2. The van der Waals surface area contributed by atoms with Gasteiger partial charge in [-0.2, -0.15) is 0 Å². The topological polar surface area (TPSA) is 63.2 Å². The van der Waals surface area contributed by atoms with Crippen LogP contribution in [0.25, 0.3) is 0 Å². The number of ether oxygens (including phenoxy) is 4. The third kappa shape index (κ3) is 7.48. The van der Waals surface area contributed by atoms with Gasteiger partial charge in [-0.3, -0.25) is 0 Å². The van der Waals surface area contributed by atoms with E-state index in [1.165, 1.54) is 5.56 Å². The average molecular weight is 569 g/mol. The van der Waals surface area contributed by atoms with Gasteiger partial charge in [0.25, 0.3) is 0 Å². The van der Waals surface area contributed by atoms with Gasteiger partial charge in [-0.25, -0.2) is 4.79 Å². The Morgan fingerprint density at radius 2 is 1.52 bits per heavy atom. The maximum Gasteiger partial charge on any atom is 0.332 e. The first kappa shape index (κ1) is 30.6. The summed E-state index contributed by atoms with van der Waals surface area (Å²) >= 11 is 0. The molecule has 1 aliphatic carbocycles. The standard InChI is InChI=1S/C33H48O6Si/c1-30(2,3)38-29(34)23-35-20-19-32-15-17-33(18-16-32,36-24-32)25-11-9-12-26(21-25)37-27-13-10-14-28(22-27)39-40(7,8)31(4,5)6/h9-14,21-22H,15-20,23-24H2,1-8H3. The van der Waals surface area contributed by atoms with Gasteiger partial charge in [-0.1, -0.05) is 39.0 Å². The summed E-state index contributed by atoms with van der Waals surface area (Å²) in [5, 5.41) is 0.127. The highest BCUT2D eigenvalue weighted by atomic mass is 28.4. The van der Waals surface area contributed by atoms with Gasteiger partial charge in [0.15, 0.2) is 0 Å². The average Bonchev–Trinajstić information content (AvgIpc) is 2.86. The van der Waals surface area contributed by atoms with Gasteiger partial charge in [-0.05, 0) is 106 Å². The molecule has 2 bridgehead atoms. The second-order valence-electron chi connectivity index (χ2n) is 14.1. The van der Waals surface area contributed by atoms with E-state index in [0.29, 0.717) is 13.2 Å². The van der Waals surface area contributed by atoms with Crippen LogP contribution in [0.2, 0.25) is 18.1 Å². The predicted octanol–water partition coefficient (Wildman–Crippen LogP) is 8.40. The Labute approximate surface area is 241 Å².